The van der Waals surface area contributed by atoms with Crippen molar-refractivity contribution in [3.8, 4) is 0 Å². The van der Waals surface area contributed by atoms with Crippen LogP contribution in [0.4, 0.5) is 5.69 Å². The Kier molecular flexibility index (Phi) is 5.73. The summed E-state index contributed by atoms with van der Waals surface area (Å²) in [6.45, 7) is 5.41. The van der Waals surface area contributed by atoms with Crippen LogP contribution in [0.5, 0.6) is 0 Å². The molecule has 0 radical (unpaired) electrons. The molecule has 0 fully saturated rings. The van der Waals surface area contributed by atoms with Crippen molar-refractivity contribution in [3.63, 3.8) is 0 Å². The minimum absolute atomic E-state index is 0.178. The molecule has 1 N–H and O–H groups in total. The molecule has 24 heavy (non-hydrogen) atoms. The third kappa shape index (κ3) is 3.48. The minimum Gasteiger partial charge on any atom is -0.465 e. The van der Waals surface area contributed by atoms with Crippen molar-refractivity contribution in [3.05, 3.63) is 41.5 Å². The molecule has 6 nitrogen and oxygen atoms in total. The lowest BCUT2D eigenvalue weighted by molar-refractivity contribution is -0.154. The van der Waals surface area contributed by atoms with Gasteiger partial charge in [0.2, 0.25) is 5.91 Å². The van der Waals surface area contributed by atoms with Crippen LogP contribution in [-0.2, 0) is 23.9 Å². The zero-order valence-electron chi connectivity index (χ0n) is 14.0. The van der Waals surface area contributed by atoms with Crippen molar-refractivity contribution in [1.29, 1.82) is 0 Å². The number of anilines is 1. The van der Waals surface area contributed by atoms with Gasteiger partial charge in [-0.3, -0.25) is 9.59 Å². The molecular weight excluding hydrogens is 310 g/mol. The molecule has 0 saturated carbocycles. The predicted molar refractivity (Wildman–Crippen MR) is 88.0 cm³/mol. The number of ether oxygens (including phenoxy) is 2. The fourth-order valence-electron chi connectivity index (χ4n) is 2.81. The number of esters is 2. The van der Waals surface area contributed by atoms with E-state index in [4.69, 9.17) is 9.47 Å². The van der Waals surface area contributed by atoms with E-state index in [2.05, 4.69) is 5.32 Å². The van der Waals surface area contributed by atoms with Crippen LogP contribution >= 0.6 is 0 Å². The lowest BCUT2D eigenvalue weighted by Gasteiger charge is -2.36. The minimum atomic E-state index is -0.923. The van der Waals surface area contributed by atoms with Crippen LogP contribution in [0.25, 0.3) is 0 Å². The molecule has 1 aliphatic carbocycles. The zero-order chi connectivity index (χ0) is 17.7. The highest BCUT2D eigenvalue weighted by Gasteiger charge is 2.51. The highest BCUT2D eigenvalue weighted by Crippen LogP contribution is 2.43. The molecule has 1 aromatic rings. The van der Waals surface area contributed by atoms with E-state index in [0.29, 0.717) is 11.3 Å². The number of benzene rings is 1. The standard InChI is InChI=1S/C18H21NO5/c1-4-23-17(21)14-11(3)13(15(14)18(22)24-5-2)16(20)19-12-9-7-6-8-10-12/h6-10,13,15H,4-5H2,1-3H3,(H,19,20)/t13-,15+/m1/s1. The quantitative estimate of drug-likeness (QED) is 0.809. The Morgan fingerprint density at radius 2 is 1.62 bits per heavy atom. The van der Waals surface area contributed by atoms with E-state index in [1.807, 2.05) is 6.07 Å². The van der Waals surface area contributed by atoms with Crippen LogP contribution in [0.2, 0.25) is 0 Å². The largest absolute Gasteiger partial charge is 0.465 e. The van der Waals surface area contributed by atoms with Gasteiger partial charge < -0.3 is 14.8 Å². The van der Waals surface area contributed by atoms with Crippen LogP contribution in [0.15, 0.2) is 41.5 Å². The summed E-state index contributed by atoms with van der Waals surface area (Å²) in [4.78, 5) is 36.8. The topological polar surface area (TPSA) is 81.7 Å². The summed E-state index contributed by atoms with van der Waals surface area (Å²) in [6, 6.07) is 8.94. The van der Waals surface area contributed by atoms with E-state index in [-0.39, 0.29) is 24.7 Å². The van der Waals surface area contributed by atoms with Gasteiger partial charge in [-0.1, -0.05) is 18.2 Å². The summed E-state index contributed by atoms with van der Waals surface area (Å²) in [6.07, 6.45) is 0. The predicted octanol–water partition coefficient (Wildman–Crippen LogP) is 2.31. The first-order valence-electron chi connectivity index (χ1n) is 7.91. The number of hydrogen-bond acceptors (Lipinski definition) is 5. The summed E-state index contributed by atoms with van der Waals surface area (Å²) >= 11 is 0. The first-order valence-corrected chi connectivity index (χ1v) is 7.91. The van der Waals surface area contributed by atoms with Crippen molar-refractivity contribution in [2.75, 3.05) is 18.5 Å². The van der Waals surface area contributed by atoms with Crippen LogP contribution in [0, 0.1) is 11.8 Å². The summed E-state index contributed by atoms with van der Waals surface area (Å²) in [5.41, 5.74) is 1.39. The smallest absolute Gasteiger partial charge is 0.334 e. The molecule has 0 bridgehead atoms. The Morgan fingerprint density at radius 1 is 1.00 bits per heavy atom. The van der Waals surface area contributed by atoms with Crippen LogP contribution < -0.4 is 5.32 Å². The Hall–Kier alpha value is -2.63. The summed E-state index contributed by atoms with van der Waals surface area (Å²) in [5, 5.41) is 2.76. The maximum absolute atomic E-state index is 12.5. The van der Waals surface area contributed by atoms with Gasteiger partial charge in [0.05, 0.1) is 24.7 Å². The van der Waals surface area contributed by atoms with Gasteiger partial charge in [-0.05, 0) is 38.5 Å². The van der Waals surface area contributed by atoms with Crippen molar-refractivity contribution in [2.24, 2.45) is 11.8 Å². The third-order valence-corrected chi connectivity index (χ3v) is 3.90. The molecular formula is C18H21NO5. The van der Waals surface area contributed by atoms with Gasteiger partial charge in [-0.2, -0.15) is 0 Å². The average Bonchev–Trinajstić information content (AvgIpc) is 2.53. The fourth-order valence-corrected chi connectivity index (χ4v) is 2.81. The van der Waals surface area contributed by atoms with E-state index in [1.165, 1.54) is 0 Å². The van der Waals surface area contributed by atoms with Gasteiger partial charge >= 0.3 is 11.9 Å². The Morgan fingerprint density at radius 3 is 2.21 bits per heavy atom. The van der Waals surface area contributed by atoms with Gasteiger partial charge in [0.25, 0.3) is 0 Å². The number of hydrogen-bond donors (Lipinski definition) is 1. The van der Waals surface area contributed by atoms with Crippen LogP contribution in [0.3, 0.4) is 0 Å². The molecule has 0 aromatic heterocycles. The first-order chi connectivity index (χ1) is 11.5. The molecule has 0 aliphatic heterocycles. The van der Waals surface area contributed by atoms with Gasteiger partial charge in [-0.25, -0.2) is 4.79 Å². The molecule has 2 rings (SSSR count). The molecule has 1 aliphatic rings. The van der Waals surface area contributed by atoms with Gasteiger partial charge in [-0.15, -0.1) is 0 Å². The lowest BCUT2D eigenvalue weighted by atomic mass is 9.67. The highest BCUT2D eigenvalue weighted by molar-refractivity contribution is 6.07. The van der Waals surface area contributed by atoms with Crippen LogP contribution in [-0.4, -0.2) is 31.1 Å². The summed E-state index contributed by atoms with van der Waals surface area (Å²) in [5.74, 6) is -3.16. The van der Waals surface area contributed by atoms with Gasteiger partial charge in [0.15, 0.2) is 0 Å². The molecule has 0 saturated heterocycles. The van der Waals surface area contributed by atoms with E-state index in [9.17, 15) is 14.4 Å². The first kappa shape index (κ1) is 17.7. The van der Waals surface area contributed by atoms with Gasteiger partial charge in [0, 0.05) is 5.69 Å². The number of nitrogens with one attached hydrogen (secondary N) is 1. The average molecular weight is 331 g/mol. The number of para-hydroxylation sites is 1. The van der Waals surface area contributed by atoms with Crippen molar-refractivity contribution in [2.45, 2.75) is 20.8 Å². The second-order valence-corrected chi connectivity index (χ2v) is 5.38. The number of carbonyl (C=O) groups excluding carboxylic acids is 3. The molecule has 128 valence electrons. The Balaban J connectivity index is 2.24. The lowest BCUT2D eigenvalue weighted by Crippen LogP contribution is -2.46. The van der Waals surface area contributed by atoms with Crippen molar-refractivity contribution < 1.29 is 23.9 Å². The molecule has 0 unspecified atom stereocenters. The second-order valence-electron chi connectivity index (χ2n) is 5.38. The number of rotatable bonds is 6. The van der Waals surface area contributed by atoms with E-state index in [0.717, 1.165) is 0 Å². The van der Waals surface area contributed by atoms with Crippen LogP contribution in [0.1, 0.15) is 20.8 Å². The number of carbonyl (C=O) groups is 3. The molecule has 1 aromatic carbocycles. The molecule has 0 spiro atoms. The van der Waals surface area contributed by atoms with E-state index >= 15 is 0 Å². The molecule has 6 heteroatoms. The van der Waals surface area contributed by atoms with E-state index in [1.54, 1.807) is 45.0 Å². The SMILES string of the molecule is CCOC(=O)C1=C(C)[C@@H](C(=O)Nc2ccccc2)[C@@H]1C(=O)OCC. The number of amides is 1. The molecule has 1 amide bonds. The Bertz CT molecular complexity index is 665. The molecule has 0 heterocycles. The third-order valence-electron chi connectivity index (χ3n) is 3.90. The van der Waals surface area contributed by atoms with Crippen molar-refractivity contribution in [1.82, 2.24) is 0 Å². The summed E-state index contributed by atoms with van der Waals surface area (Å²) in [7, 11) is 0. The Labute approximate surface area is 140 Å². The van der Waals surface area contributed by atoms with Gasteiger partial charge in [0.1, 0.15) is 5.92 Å². The monoisotopic (exact) mass is 331 g/mol. The second kappa shape index (κ2) is 7.77. The summed E-state index contributed by atoms with van der Waals surface area (Å²) < 4.78 is 10.0. The molecule has 2 atom stereocenters. The maximum Gasteiger partial charge on any atom is 0.334 e. The van der Waals surface area contributed by atoms with E-state index < -0.39 is 23.8 Å². The van der Waals surface area contributed by atoms with Crippen molar-refractivity contribution >= 4 is 23.5 Å². The maximum atomic E-state index is 12.5. The fraction of sp³-hybridized carbons (Fsp3) is 0.389. The zero-order valence-corrected chi connectivity index (χ0v) is 14.0. The highest BCUT2D eigenvalue weighted by atomic mass is 16.5. The normalized spacial score (nSPS) is 19.3.